The van der Waals surface area contributed by atoms with Gasteiger partial charge in [-0.3, -0.25) is 9.69 Å². The summed E-state index contributed by atoms with van der Waals surface area (Å²) in [6, 6.07) is 6.06. The lowest BCUT2D eigenvalue weighted by atomic mass is 10.0. The molecule has 3 fully saturated rings. The lowest BCUT2D eigenvalue weighted by Gasteiger charge is -2.25. The zero-order valence-electron chi connectivity index (χ0n) is 14.6. The molecule has 0 radical (unpaired) electrons. The van der Waals surface area contributed by atoms with Crippen molar-refractivity contribution in [1.82, 2.24) is 10.2 Å². The van der Waals surface area contributed by atoms with Gasteiger partial charge in [-0.2, -0.15) is 11.8 Å². The first-order valence-corrected chi connectivity index (χ1v) is 11.0. The smallest absolute Gasteiger partial charge is 0.230 e. The number of anilines is 1. The van der Waals surface area contributed by atoms with Crippen molar-refractivity contribution in [1.29, 1.82) is 0 Å². The van der Waals surface area contributed by atoms with E-state index in [-0.39, 0.29) is 18.2 Å². The van der Waals surface area contributed by atoms with Crippen LogP contribution in [0.3, 0.4) is 0 Å². The molecule has 1 aromatic rings. The van der Waals surface area contributed by atoms with Gasteiger partial charge in [-0.15, -0.1) is 0 Å². The van der Waals surface area contributed by atoms with Gasteiger partial charge >= 0.3 is 0 Å². The summed E-state index contributed by atoms with van der Waals surface area (Å²) < 4.78 is 6.05. The lowest BCUT2D eigenvalue weighted by molar-refractivity contribution is -0.125. The van der Waals surface area contributed by atoms with Crippen LogP contribution in [0.2, 0.25) is 5.02 Å². The molecule has 3 aliphatic heterocycles. The summed E-state index contributed by atoms with van der Waals surface area (Å²) in [5.74, 6) is 4.81. The number of nitrogens with one attached hydrogen (secondary N) is 2. The predicted octanol–water partition coefficient (Wildman–Crippen LogP) is 3.01. The van der Waals surface area contributed by atoms with Crippen molar-refractivity contribution in [3.05, 3.63) is 23.2 Å². The number of benzene rings is 1. The summed E-state index contributed by atoms with van der Waals surface area (Å²) in [6.07, 6.45) is 3.13. The average Bonchev–Trinajstić information content (AvgIpc) is 3.36. The zero-order chi connectivity index (χ0) is 17.7. The number of thioether (sulfide) groups is 1. The van der Waals surface area contributed by atoms with E-state index in [4.69, 9.17) is 16.3 Å². The van der Waals surface area contributed by atoms with Crippen LogP contribution in [0, 0.1) is 17.8 Å². The molecule has 4 aliphatic rings. The minimum absolute atomic E-state index is 0.0994. The number of hydrogen-bond donors (Lipinski definition) is 2. The van der Waals surface area contributed by atoms with Crippen molar-refractivity contribution in [2.45, 2.75) is 31.7 Å². The summed E-state index contributed by atoms with van der Waals surface area (Å²) in [4.78, 5) is 14.8. The number of nitrogens with zero attached hydrogens (tertiary/aromatic N) is 1. The fourth-order valence-electron chi connectivity index (χ4n) is 4.87. The van der Waals surface area contributed by atoms with Crippen molar-refractivity contribution < 1.29 is 9.53 Å². The minimum Gasteiger partial charge on any atom is -0.455 e. The summed E-state index contributed by atoms with van der Waals surface area (Å²) in [7, 11) is 0. The van der Waals surface area contributed by atoms with Crippen molar-refractivity contribution in [3.8, 4) is 5.75 Å². The van der Waals surface area contributed by atoms with Crippen LogP contribution < -0.4 is 15.4 Å². The molecule has 4 atom stereocenters. The van der Waals surface area contributed by atoms with Gasteiger partial charge in [0.05, 0.1) is 5.69 Å². The van der Waals surface area contributed by atoms with Gasteiger partial charge in [0, 0.05) is 35.8 Å². The van der Waals surface area contributed by atoms with Gasteiger partial charge in [-0.1, -0.05) is 11.6 Å². The quantitative estimate of drug-likeness (QED) is 0.826. The maximum atomic E-state index is 12.4. The molecular formula is C19H24ClN3O2S. The minimum atomic E-state index is -0.0994. The molecule has 1 aliphatic carbocycles. The molecule has 3 heterocycles. The van der Waals surface area contributed by atoms with E-state index in [0.29, 0.717) is 17.9 Å². The largest absolute Gasteiger partial charge is 0.455 e. The fourth-order valence-corrected chi connectivity index (χ4v) is 6.26. The Kier molecular flexibility index (Phi) is 4.45. The predicted molar refractivity (Wildman–Crippen MR) is 105 cm³/mol. The summed E-state index contributed by atoms with van der Waals surface area (Å²) in [5.41, 5.74) is 0.971. The van der Waals surface area contributed by atoms with E-state index in [9.17, 15) is 4.79 Å². The number of ether oxygens (including phenoxy) is 1. The third-order valence-corrected chi connectivity index (χ3v) is 7.61. The monoisotopic (exact) mass is 393 g/mol. The molecule has 26 heavy (non-hydrogen) atoms. The highest BCUT2D eigenvalue weighted by molar-refractivity contribution is 7.99. The highest BCUT2D eigenvalue weighted by Gasteiger charge is 2.45. The molecule has 2 N–H and O–H groups in total. The molecule has 0 spiro atoms. The van der Waals surface area contributed by atoms with Crippen LogP contribution in [0.1, 0.15) is 19.3 Å². The first kappa shape index (κ1) is 17.0. The van der Waals surface area contributed by atoms with Gasteiger partial charge in [0.2, 0.25) is 12.3 Å². The second kappa shape index (κ2) is 6.80. The van der Waals surface area contributed by atoms with Crippen LogP contribution in [0.5, 0.6) is 5.75 Å². The van der Waals surface area contributed by atoms with Crippen LogP contribution in [-0.4, -0.2) is 47.8 Å². The number of likely N-dealkylation sites (tertiary alicyclic amines) is 1. The van der Waals surface area contributed by atoms with E-state index in [1.54, 1.807) is 0 Å². The van der Waals surface area contributed by atoms with E-state index < -0.39 is 0 Å². The third-order valence-electron chi connectivity index (χ3n) is 6.22. The number of rotatable bonds is 3. The number of amides is 1. The lowest BCUT2D eigenvalue weighted by Crippen LogP contribution is -2.43. The Bertz CT molecular complexity index is 698. The van der Waals surface area contributed by atoms with Crippen LogP contribution in [0.15, 0.2) is 18.2 Å². The van der Waals surface area contributed by atoms with Crippen LogP contribution in [0.4, 0.5) is 5.69 Å². The molecule has 2 saturated heterocycles. The standard InChI is InChI=1S/C19H24ClN3O2S/c20-14-1-2-17-16(7-14)22-19(25-17)23-8-12-5-15(6-13(12)9-23)21-18(24)11-3-4-26-10-11/h1-2,7,11-13,15,19,22H,3-6,8-10H2,(H,21,24). The zero-order valence-corrected chi connectivity index (χ0v) is 16.2. The van der Waals surface area contributed by atoms with Gasteiger partial charge in [-0.25, -0.2) is 0 Å². The molecule has 140 valence electrons. The normalized spacial score (nSPS) is 35.7. The fraction of sp³-hybridized carbons (Fsp3) is 0.632. The van der Waals surface area contributed by atoms with Crippen molar-refractivity contribution >= 4 is 35.0 Å². The number of carbonyl (C=O) groups is 1. The molecule has 5 nitrogen and oxygen atoms in total. The van der Waals surface area contributed by atoms with E-state index in [1.807, 2.05) is 30.0 Å². The first-order valence-electron chi connectivity index (χ1n) is 9.50. The average molecular weight is 394 g/mol. The SMILES string of the molecule is O=C(NC1CC2CN(C3Nc4cc(Cl)ccc4O3)CC2C1)C1CCSC1. The summed E-state index contributed by atoms with van der Waals surface area (Å²) in [5, 5.41) is 7.48. The van der Waals surface area contributed by atoms with Gasteiger partial charge in [0.15, 0.2) is 0 Å². The second-order valence-electron chi connectivity index (χ2n) is 7.97. The second-order valence-corrected chi connectivity index (χ2v) is 9.55. The topological polar surface area (TPSA) is 53.6 Å². The number of fused-ring (bicyclic) bond motifs is 2. The Balaban J connectivity index is 1.15. The molecule has 1 saturated carbocycles. The van der Waals surface area contributed by atoms with Crippen molar-refractivity contribution in [3.63, 3.8) is 0 Å². The molecule has 1 aromatic carbocycles. The van der Waals surface area contributed by atoms with Crippen molar-refractivity contribution in [2.24, 2.45) is 17.8 Å². The molecule has 0 aromatic heterocycles. The summed E-state index contributed by atoms with van der Waals surface area (Å²) >= 11 is 7.97. The van der Waals surface area contributed by atoms with E-state index in [0.717, 1.165) is 60.3 Å². The number of carbonyl (C=O) groups excluding carboxylic acids is 1. The third kappa shape index (κ3) is 3.16. The van der Waals surface area contributed by atoms with E-state index in [1.165, 1.54) is 0 Å². The maximum Gasteiger partial charge on any atom is 0.230 e. The van der Waals surface area contributed by atoms with Crippen LogP contribution >= 0.6 is 23.4 Å². The molecular weight excluding hydrogens is 370 g/mol. The number of hydrogen-bond acceptors (Lipinski definition) is 5. The van der Waals surface area contributed by atoms with Gasteiger partial charge in [0.25, 0.3) is 0 Å². The molecule has 4 unspecified atom stereocenters. The summed E-state index contributed by atoms with van der Waals surface area (Å²) in [6.45, 7) is 2.05. The maximum absolute atomic E-state index is 12.4. The van der Waals surface area contributed by atoms with Crippen LogP contribution in [0.25, 0.3) is 0 Å². The van der Waals surface area contributed by atoms with Gasteiger partial charge in [0.1, 0.15) is 5.75 Å². The highest BCUT2D eigenvalue weighted by atomic mass is 35.5. The molecule has 1 amide bonds. The van der Waals surface area contributed by atoms with Gasteiger partial charge in [-0.05, 0) is 55.1 Å². The number of halogens is 1. The Hall–Kier alpha value is -1.11. The van der Waals surface area contributed by atoms with Gasteiger partial charge < -0.3 is 15.4 Å². The Labute approximate surface area is 163 Å². The van der Waals surface area contributed by atoms with Crippen LogP contribution in [-0.2, 0) is 4.79 Å². The Morgan fingerprint density at radius 1 is 1.31 bits per heavy atom. The molecule has 5 rings (SSSR count). The Morgan fingerprint density at radius 3 is 2.85 bits per heavy atom. The molecule has 0 bridgehead atoms. The first-order chi connectivity index (χ1) is 12.7. The van der Waals surface area contributed by atoms with E-state index in [2.05, 4.69) is 15.5 Å². The Morgan fingerprint density at radius 2 is 2.12 bits per heavy atom. The van der Waals surface area contributed by atoms with Crippen molar-refractivity contribution in [2.75, 3.05) is 29.9 Å². The van der Waals surface area contributed by atoms with E-state index >= 15 is 0 Å². The molecule has 7 heteroatoms. The highest BCUT2D eigenvalue weighted by Crippen LogP contribution is 2.42.